The van der Waals surface area contributed by atoms with Crippen LogP contribution in [0, 0.1) is 12.3 Å². The van der Waals surface area contributed by atoms with Crippen LogP contribution in [0.25, 0.3) is 0 Å². The van der Waals surface area contributed by atoms with Crippen molar-refractivity contribution >= 4 is 11.7 Å². The van der Waals surface area contributed by atoms with E-state index in [4.69, 9.17) is 10.9 Å². The lowest BCUT2D eigenvalue weighted by Gasteiger charge is -2.40. The van der Waals surface area contributed by atoms with E-state index in [1.165, 1.54) is 38.5 Å². The molecule has 3 N–H and O–H groups in total. The quantitative estimate of drug-likeness (QED) is 0.380. The van der Waals surface area contributed by atoms with Gasteiger partial charge < -0.3 is 15.8 Å². The average Bonchev–Trinajstić information content (AvgIpc) is 2.95. The third-order valence-electron chi connectivity index (χ3n) is 5.29. The van der Waals surface area contributed by atoms with Gasteiger partial charge >= 0.3 is 0 Å². The van der Waals surface area contributed by atoms with Crippen molar-refractivity contribution in [2.45, 2.75) is 45.4 Å². The molecule has 1 saturated carbocycles. The molecule has 3 rings (SSSR count). The summed E-state index contributed by atoms with van der Waals surface area (Å²) in [4.78, 5) is 6.80. The predicted octanol–water partition coefficient (Wildman–Crippen LogP) is 2.65. The van der Waals surface area contributed by atoms with Crippen LogP contribution in [0.1, 0.15) is 49.7 Å². The van der Waals surface area contributed by atoms with Crippen molar-refractivity contribution in [3.05, 3.63) is 23.4 Å². The number of aromatic nitrogens is 1. The van der Waals surface area contributed by atoms with Crippen molar-refractivity contribution in [3.8, 4) is 0 Å². The van der Waals surface area contributed by atoms with Gasteiger partial charge in [0.1, 0.15) is 5.82 Å². The minimum atomic E-state index is 0.150. The molecule has 0 amide bonds. The number of rotatable bonds is 2. The summed E-state index contributed by atoms with van der Waals surface area (Å²) in [6, 6.07) is 1.90. The lowest BCUT2D eigenvalue weighted by molar-refractivity contribution is 0.226. The van der Waals surface area contributed by atoms with Gasteiger partial charge in [0, 0.05) is 19.3 Å². The van der Waals surface area contributed by atoms with Gasteiger partial charge in [-0.15, -0.1) is 0 Å². The average molecular weight is 288 g/mol. The van der Waals surface area contributed by atoms with E-state index in [1.54, 1.807) is 6.20 Å². The summed E-state index contributed by atoms with van der Waals surface area (Å²) in [6.45, 7) is 4.01. The highest BCUT2D eigenvalue weighted by Gasteiger charge is 2.37. The van der Waals surface area contributed by atoms with Crippen LogP contribution < -0.4 is 10.6 Å². The molecule has 1 aromatic rings. The highest BCUT2D eigenvalue weighted by Crippen LogP contribution is 2.46. The van der Waals surface area contributed by atoms with E-state index in [1.807, 2.05) is 13.0 Å². The Morgan fingerprint density at radius 3 is 2.57 bits per heavy atom. The smallest absolute Gasteiger partial charge is 0.174 e. The van der Waals surface area contributed by atoms with Crippen LogP contribution in [0.3, 0.4) is 0 Å². The van der Waals surface area contributed by atoms with Crippen LogP contribution in [-0.2, 0) is 0 Å². The summed E-state index contributed by atoms with van der Waals surface area (Å²) in [5, 5.41) is 12.2. The molecule has 114 valence electrons. The molecule has 5 heteroatoms. The number of hydrogen-bond donors (Lipinski definition) is 2. The molecule has 5 nitrogen and oxygen atoms in total. The minimum absolute atomic E-state index is 0.150. The third-order valence-corrected chi connectivity index (χ3v) is 5.29. The van der Waals surface area contributed by atoms with Gasteiger partial charge in [-0.25, -0.2) is 4.98 Å². The van der Waals surface area contributed by atoms with E-state index >= 15 is 0 Å². The number of anilines is 1. The topological polar surface area (TPSA) is 74.7 Å². The molecule has 0 bridgehead atoms. The molecule has 0 atom stereocenters. The zero-order valence-corrected chi connectivity index (χ0v) is 12.7. The van der Waals surface area contributed by atoms with E-state index in [-0.39, 0.29) is 5.84 Å². The Bertz CT molecular complexity index is 539. The van der Waals surface area contributed by atoms with Crippen molar-refractivity contribution < 1.29 is 5.21 Å². The van der Waals surface area contributed by atoms with Gasteiger partial charge in [-0.1, -0.05) is 18.0 Å². The van der Waals surface area contributed by atoms with Gasteiger partial charge in [0.25, 0.3) is 0 Å². The molecule has 1 aromatic heterocycles. The van der Waals surface area contributed by atoms with Crippen LogP contribution in [0.4, 0.5) is 5.82 Å². The molecule has 1 saturated heterocycles. The number of oxime groups is 1. The first-order valence-corrected chi connectivity index (χ1v) is 7.84. The Morgan fingerprint density at radius 1 is 1.29 bits per heavy atom. The molecule has 1 aliphatic heterocycles. The molecule has 2 fully saturated rings. The Labute approximate surface area is 125 Å². The Hall–Kier alpha value is -1.78. The van der Waals surface area contributed by atoms with Crippen LogP contribution in [0.15, 0.2) is 17.4 Å². The minimum Gasteiger partial charge on any atom is -0.409 e. The first kappa shape index (κ1) is 14.2. The third kappa shape index (κ3) is 2.57. The monoisotopic (exact) mass is 288 g/mol. The largest absolute Gasteiger partial charge is 0.409 e. The molecule has 0 radical (unpaired) electrons. The summed E-state index contributed by atoms with van der Waals surface area (Å²) in [5.74, 6) is 1.01. The molecule has 1 spiro atoms. The molecule has 2 aliphatic rings. The molecule has 2 heterocycles. The van der Waals surface area contributed by atoms with Crippen LogP contribution in [-0.4, -0.2) is 29.1 Å². The fourth-order valence-corrected chi connectivity index (χ4v) is 3.97. The van der Waals surface area contributed by atoms with Crippen molar-refractivity contribution in [1.82, 2.24) is 4.98 Å². The number of nitrogens with two attached hydrogens (primary N) is 1. The predicted molar refractivity (Wildman–Crippen MR) is 83.8 cm³/mol. The Balaban J connectivity index is 1.84. The summed E-state index contributed by atoms with van der Waals surface area (Å²) < 4.78 is 0. The normalized spacial score (nSPS) is 22.0. The zero-order chi connectivity index (χ0) is 14.9. The second-order valence-corrected chi connectivity index (χ2v) is 6.51. The second-order valence-electron chi connectivity index (χ2n) is 6.51. The number of aryl methyl sites for hydroxylation is 1. The van der Waals surface area contributed by atoms with Gasteiger partial charge in [-0.2, -0.15) is 0 Å². The number of nitrogens with zero attached hydrogens (tertiary/aromatic N) is 3. The van der Waals surface area contributed by atoms with Gasteiger partial charge in [0.05, 0.1) is 5.56 Å². The van der Waals surface area contributed by atoms with E-state index in [2.05, 4.69) is 15.0 Å². The first-order valence-electron chi connectivity index (χ1n) is 7.84. The van der Waals surface area contributed by atoms with Crippen molar-refractivity contribution in [3.63, 3.8) is 0 Å². The molecular weight excluding hydrogens is 264 g/mol. The first-order chi connectivity index (χ1) is 10.2. The second kappa shape index (κ2) is 5.54. The molecule has 21 heavy (non-hydrogen) atoms. The van der Waals surface area contributed by atoms with E-state index in [0.29, 0.717) is 5.41 Å². The number of amidine groups is 1. The molecular formula is C16H24N4O. The maximum atomic E-state index is 9.02. The van der Waals surface area contributed by atoms with Crippen LogP contribution in [0.2, 0.25) is 0 Å². The van der Waals surface area contributed by atoms with Gasteiger partial charge in [-0.05, 0) is 49.7 Å². The van der Waals surface area contributed by atoms with Crippen molar-refractivity contribution in [1.29, 1.82) is 0 Å². The van der Waals surface area contributed by atoms with Crippen molar-refractivity contribution in [2.75, 3.05) is 18.0 Å². The highest BCUT2D eigenvalue weighted by atomic mass is 16.4. The van der Waals surface area contributed by atoms with Crippen LogP contribution >= 0.6 is 0 Å². The molecule has 0 unspecified atom stereocenters. The molecule has 1 aliphatic carbocycles. The lowest BCUT2D eigenvalue weighted by Crippen LogP contribution is -2.40. The van der Waals surface area contributed by atoms with Gasteiger partial charge in [0.15, 0.2) is 5.84 Å². The summed E-state index contributed by atoms with van der Waals surface area (Å²) >= 11 is 0. The molecule has 0 aromatic carbocycles. The highest BCUT2D eigenvalue weighted by molar-refractivity contribution is 6.02. The Morgan fingerprint density at radius 2 is 1.95 bits per heavy atom. The summed E-state index contributed by atoms with van der Waals surface area (Å²) in [7, 11) is 0. The van der Waals surface area contributed by atoms with Gasteiger partial charge in [-0.3, -0.25) is 0 Å². The van der Waals surface area contributed by atoms with Crippen LogP contribution in [0.5, 0.6) is 0 Å². The SMILES string of the molecule is Cc1ccnc(N2CCC3(CCCC3)CC2)c1/C(N)=N/O. The number of hydrogen-bond acceptors (Lipinski definition) is 4. The van der Waals surface area contributed by atoms with E-state index < -0.39 is 0 Å². The number of piperidine rings is 1. The van der Waals surface area contributed by atoms with E-state index in [9.17, 15) is 0 Å². The van der Waals surface area contributed by atoms with Crippen molar-refractivity contribution in [2.24, 2.45) is 16.3 Å². The summed E-state index contributed by atoms with van der Waals surface area (Å²) in [6.07, 6.45) is 9.82. The lowest BCUT2D eigenvalue weighted by atomic mass is 9.77. The van der Waals surface area contributed by atoms with E-state index in [0.717, 1.165) is 30.0 Å². The fraction of sp³-hybridized carbons (Fsp3) is 0.625. The maximum Gasteiger partial charge on any atom is 0.174 e. The standard InChI is InChI=1S/C16H24N4O/c1-12-4-9-18-15(13(12)14(17)19-21)20-10-7-16(8-11-20)5-2-3-6-16/h4,9,21H,2-3,5-8,10-11H2,1H3,(H2,17,19). The van der Waals surface area contributed by atoms with Gasteiger partial charge in [0.2, 0.25) is 0 Å². The fourth-order valence-electron chi connectivity index (χ4n) is 3.97. The number of pyridine rings is 1. The zero-order valence-electron chi connectivity index (χ0n) is 12.7. The Kier molecular flexibility index (Phi) is 3.74. The summed E-state index contributed by atoms with van der Waals surface area (Å²) in [5.41, 5.74) is 8.19. The maximum absolute atomic E-state index is 9.02.